The average Bonchev–Trinajstić information content (AvgIpc) is 3.37. The molecule has 0 unspecified atom stereocenters. The van der Waals surface area contributed by atoms with Crippen molar-refractivity contribution in [1.82, 2.24) is 20.1 Å². The molecule has 2 heterocycles. The second-order valence-corrected chi connectivity index (χ2v) is 8.70. The van der Waals surface area contributed by atoms with Crippen molar-refractivity contribution in [1.29, 1.82) is 5.26 Å². The average molecular weight is 494 g/mol. The number of carbonyl (C=O) groups excluding carboxylic acids is 2. The van der Waals surface area contributed by atoms with Crippen molar-refractivity contribution >= 4 is 17.6 Å². The third-order valence-corrected chi connectivity index (χ3v) is 5.93. The SMILES string of the molecule is C[C@@H](CN[C@@H](C(=O)Nc1ccc(-c2cnn(CC(N)=O)c2)cn1)c1ccccc1)c1ccc(C#N)cc1. The number of amides is 2. The number of hydrogen-bond acceptors (Lipinski definition) is 6. The zero-order valence-corrected chi connectivity index (χ0v) is 20.3. The highest BCUT2D eigenvalue weighted by Gasteiger charge is 2.22. The summed E-state index contributed by atoms with van der Waals surface area (Å²) in [4.78, 5) is 28.8. The van der Waals surface area contributed by atoms with Gasteiger partial charge < -0.3 is 16.4 Å². The van der Waals surface area contributed by atoms with Crippen molar-refractivity contribution in [3.05, 3.63) is 102 Å². The molecule has 0 saturated carbocycles. The summed E-state index contributed by atoms with van der Waals surface area (Å²) in [5.74, 6) is -0.160. The minimum Gasteiger partial charge on any atom is -0.368 e. The first-order chi connectivity index (χ1) is 17.9. The van der Waals surface area contributed by atoms with Crippen LogP contribution < -0.4 is 16.4 Å². The predicted octanol–water partition coefficient (Wildman–Crippen LogP) is 3.38. The molecule has 0 spiro atoms. The van der Waals surface area contributed by atoms with Crippen LogP contribution in [0, 0.1) is 11.3 Å². The molecule has 0 aliphatic heterocycles. The van der Waals surface area contributed by atoms with Crippen LogP contribution >= 0.6 is 0 Å². The van der Waals surface area contributed by atoms with Crippen LogP contribution in [0.5, 0.6) is 0 Å². The number of rotatable bonds is 10. The summed E-state index contributed by atoms with van der Waals surface area (Å²) in [5, 5.41) is 19.4. The minimum absolute atomic E-state index is 0.000756. The first-order valence-electron chi connectivity index (χ1n) is 11.8. The predicted molar refractivity (Wildman–Crippen MR) is 140 cm³/mol. The Balaban J connectivity index is 1.44. The zero-order chi connectivity index (χ0) is 26.2. The van der Waals surface area contributed by atoms with E-state index in [1.807, 2.05) is 48.5 Å². The van der Waals surface area contributed by atoms with Crippen LogP contribution in [-0.2, 0) is 16.1 Å². The van der Waals surface area contributed by atoms with Crippen LogP contribution in [0.3, 0.4) is 0 Å². The Morgan fingerprint density at radius 3 is 2.41 bits per heavy atom. The molecule has 9 heteroatoms. The molecular weight excluding hydrogens is 466 g/mol. The van der Waals surface area contributed by atoms with Crippen molar-refractivity contribution in [3.63, 3.8) is 0 Å². The fourth-order valence-electron chi connectivity index (χ4n) is 3.90. The molecule has 37 heavy (non-hydrogen) atoms. The van der Waals surface area contributed by atoms with E-state index < -0.39 is 11.9 Å². The quantitative estimate of drug-likeness (QED) is 0.310. The Hall–Kier alpha value is -4.81. The third kappa shape index (κ3) is 6.66. The smallest absolute Gasteiger partial charge is 0.247 e. The molecule has 4 aromatic rings. The minimum atomic E-state index is -0.587. The van der Waals surface area contributed by atoms with Gasteiger partial charge in [0.1, 0.15) is 18.4 Å². The van der Waals surface area contributed by atoms with Crippen molar-refractivity contribution < 1.29 is 9.59 Å². The van der Waals surface area contributed by atoms with E-state index >= 15 is 0 Å². The van der Waals surface area contributed by atoms with E-state index in [1.54, 1.807) is 36.8 Å². The van der Waals surface area contributed by atoms with Gasteiger partial charge >= 0.3 is 0 Å². The molecule has 2 aromatic heterocycles. The molecule has 0 fully saturated rings. The van der Waals surface area contributed by atoms with Gasteiger partial charge in [0.05, 0.1) is 17.8 Å². The van der Waals surface area contributed by atoms with Crippen molar-refractivity contribution in [2.24, 2.45) is 5.73 Å². The number of hydrogen-bond donors (Lipinski definition) is 3. The van der Waals surface area contributed by atoms with Crippen LogP contribution in [0.4, 0.5) is 5.82 Å². The topological polar surface area (TPSA) is 139 Å². The Morgan fingerprint density at radius 1 is 1.00 bits per heavy atom. The van der Waals surface area contributed by atoms with Gasteiger partial charge in [-0.1, -0.05) is 49.4 Å². The number of nitrogens with two attached hydrogens (primary N) is 1. The van der Waals surface area contributed by atoms with Crippen LogP contribution in [0.25, 0.3) is 11.1 Å². The number of primary amides is 1. The summed E-state index contributed by atoms with van der Waals surface area (Å²) < 4.78 is 1.46. The lowest BCUT2D eigenvalue weighted by Crippen LogP contribution is -2.35. The summed E-state index contributed by atoms with van der Waals surface area (Å²) in [6.45, 7) is 2.62. The molecule has 0 aliphatic carbocycles. The molecule has 0 radical (unpaired) electrons. The Labute approximate surface area is 215 Å². The van der Waals surface area contributed by atoms with Gasteiger partial charge in [0.25, 0.3) is 0 Å². The van der Waals surface area contributed by atoms with Crippen LogP contribution in [-0.4, -0.2) is 33.1 Å². The third-order valence-electron chi connectivity index (χ3n) is 5.93. The highest BCUT2D eigenvalue weighted by Crippen LogP contribution is 2.22. The van der Waals surface area contributed by atoms with E-state index in [1.165, 1.54) is 4.68 Å². The maximum Gasteiger partial charge on any atom is 0.247 e. The molecule has 4 N–H and O–H groups in total. The second kappa shape index (κ2) is 11.7. The fraction of sp³-hybridized carbons (Fsp3) is 0.179. The lowest BCUT2D eigenvalue weighted by molar-refractivity contribution is -0.119. The van der Waals surface area contributed by atoms with E-state index in [-0.39, 0.29) is 18.4 Å². The Kier molecular flexibility index (Phi) is 8.03. The van der Waals surface area contributed by atoms with E-state index in [4.69, 9.17) is 11.0 Å². The van der Waals surface area contributed by atoms with Gasteiger partial charge in [0.2, 0.25) is 11.8 Å². The fourth-order valence-corrected chi connectivity index (χ4v) is 3.90. The number of nitriles is 1. The number of carbonyl (C=O) groups is 2. The largest absolute Gasteiger partial charge is 0.368 e. The first-order valence-corrected chi connectivity index (χ1v) is 11.8. The molecular formula is C28H27N7O2. The molecule has 186 valence electrons. The van der Waals surface area contributed by atoms with Crippen molar-refractivity contribution in [2.45, 2.75) is 25.4 Å². The van der Waals surface area contributed by atoms with Crippen LogP contribution in [0.1, 0.15) is 35.6 Å². The Morgan fingerprint density at radius 2 is 1.76 bits per heavy atom. The Bertz CT molecular complexity index is 1390. The lowest BCUT2D eigenvalue weighted by atomic mass is 9.98. The normalized spacial score (nSPS) is 12.3. The lowest BCUT2D eigenvalue weighted by Gasteiger charge is -2.21. The van der Waals surface area contributed by atoms with Gasteiger partial charge in [0.15, 0.2) is 0 Å². The first kappa shape index (κ1) is 25.3. The van der Waals surface area contributed by atoms with Gasteiger partial charge in [0, 0.05) is 30.1 Å². The number of nitrogens with zero attached hydrogens (tertiary/aromatic N) is 4. The van der Waals surface area contributed by atoms with Crippen molar-refractivity contribution in [3.8, 4) is 17.2 Å². The van der Waals surface area contributed by atoms with Crippen molar-refractivity contribution in [2.75, 3.05) is 11.9 Å². The summed E-state index contributed by atoms with van der Waals surface area (Å²) >= 11 is 0. The molecule has 2 aromatic carbocycles. The maximum absolute atomic E-state index is 13.3. The van der Waals surface area contributed by atoms with E-state index in [2.05, 4.69) is 33.7 Å². The van der Waals surface area contributed by atoms with Gasteiger partial charge in [-0.2, -0.15) is 10.4 Å². The molecule has 2 atom stereocenters. The zero-order valence-electron chi connectivity index (χ0n) is 20.3. The van der Waals surface area contributed by atoms with E-state index in [0.717, 1.165) is 22.3 Å². The van der Waals surface area contributed by atoms with Crippen LogP contribution in [0.15, 0.2) is 85.3 Å². The molecule has 0 saturated heterocycles. The molecule has 0 aliphatic rings. The molecule has 9 nitrogen and oxygen atoms in total. The molecule has 2 amide bonds. The summed E-state index contributed by atoms with van der Waals surface area (Å²) in [6, 6.07) is 22.1. The number of pyridine rings is 1. The number of anilines is 1. The summed E-state index contributed by atoms with van der Waals surface area (Å²) in [6.07, 6.45) is 4.98. The standard InChI is InChI=1S/C28H27N7O2/c1-19(21-9-7-20(13-29)8-10-21)14-32-27(22-5-3-2-4-6-22)28(37)34-26-12-11-23(15-31-26)24-16-33-35(17-24)18-25(30)36/h2-12,15-17,19,27,32H,14,18H2,1H3,(H2,30,36)(H,31,34,37)/t19-,27+/m0/s1. The van der Waals surface area contributed by atoms with Gasteiger partial charge in [-0.3, -0.25) is 14.3 Å². The molecule has 0 bridgehead atoms. The van der Waals surface area contributed by atoms with Crippen LogP contribution in [0.2, 0.25) is 0 Å². The maximum atomic E-state index is 13.3. The number of nitrogens with one attached hydrogen (secondary N) is 2. The molecule has 4 rings (SSSR count). The summed E-state index contributed by atoms with van der Waals surface area (Å²) in [7, 11) is 0. The monoisotopic (exact) mass is 493 g/mol. The second-order valence-electron chi connectivity index (χ2n) is 8.70. The van der Waals surface area contributed by atoms with Gasteiger partial charge in [-0.15, -0.1) is 0 Å². The number of aromatic nitrogens is 3. The van der Waals surface area contributed by atoms with E-state index in [9.17, 15) is 9.59 Å². The number of benzene rings is 2. The highest BCUT2D eigenvalue weighted by atomic mass is 16.2. The van der Waals surface area contributed by atoms with Gasteiger partial charge in [-0.25, -0.2) is 4.98 Å². The van der Waals surface area contributed by atoms with Gasteiger partial charge in [-0.05, 0) is 41.3 Å². The summed E-state index contributed by atoms with van der Waals surface area (Å²) in [5.41, 5.74) is 9.33. The van der Waals surface area contributed by atoms with E-state index in [0.29, 0.717) is 17.9 Å². The highest BCUT2D eigenvalue weighted by molar-refractivity contribution is 5.95.